The zero-order valence-corrected chi connectivity index (χ0v) is 13.2. The van der Waals surface area contributed by atoms with Gasteiger partial charge in [-0.1, -0.05) is 0 Å². The zero-order chi connectivity index (χ0) is 15.5. The standard InChI is InChI=1S/C16H16N4OS/c1-11-12(2)20(9-17-11)15-5-3-13(4-6-15)19-16(21)7-14-8-22-10-18-14/h3-6,8-10H,7H2,1-2H3,(H,19,21). The molecule has 3 aromatic rings. The fourth-order valence-corrected chi connectivity index (χ4v) is 2.72. The van der Waals surface area contributed by atoms with Crippen molar-refractivity contribution in [2.45, 2.75) is 20.3 Å². The van der Waals surface area contributed by atoms with Crippen LogP contribution in [0.25, 0.3) is 5.69 Å². The highest BCUT2D eigenvalue weighted by Crippen LogP contribution is 2.17. The van der Waals surface area contributed by atoms with Gasteiger partial charge in [0.2, 0.25) is 5.91 Å². The molecule has 1 N–H and O–H groups in total. The third-order valence-electron chi connectivity index (χ3n) is 3.51. The number of aromatic nitrogens is 3. The van der Waals surface area contributed by atoms with E-state index in [0.717, 1.165) is 28.5 Å². The van der Waals surface area contributed by atoms with Crippen molar-refractivity contribution in [3.05, 3.63) is 58.6 Å². The molecule has 2 aromatic heterocycles. The monoisotopic (exact) mass is 312 g/mol. The molecule has 1 aromatic carbocycles. The predicted molar refractivity (Wildman–Crippen MR) is 87.5 cm³/mol. The largest absolute Gasteiger partial charge is 0.326 e. The highest BCUT2D eigenvalue weighted by Gasteiger charge is 2.07. The van der Waals surface area contributed by atoms with E-state index in [4.69, 9.17) is 0 Å². The molecule has 0 aliphatic carbocycles. The summed E-state index contributed by atoms with van der Waals surface area (Å²) in [5.74, 6) is -0.0618. The molecule has 0 fully saturated rings. The Bertz CT molecular complexity index is 775. The first kappa shape index (κ1) is 14.5. The van der Waals surface area contributed by atoms with Crippen LogP contribution in [0.4, 0.5) is 5.69 Å². The van der Waals surface area contributed by atoms with E-state index in [1.807, 2.05) is 48.1 Å². The fraction of sp³-hybridized carbons (Fsp3) is 0.188. The summed E-state index contributed by atoms with van der Waals surface area (Å²) in [4.78, 5) is 20.3. The van der Waals surface area contributed by atoms with Gasteiger partial charge >= 0.3 is 0 Å². The van der Waals surface area contributed by atoms with Gasteiger partial charge in [-0.3, -0.25) is 4.79 Å². The quantitative estimate of drug-likeness (QED) is 0.805. The lowest BCUT2D eigenvalue weighted by molar-refractivity contribution is -0.115. The van der Waals surface area contributed by atoms with E-state index in [-0.39, 0.29) is 5.91 Å². The average Bonchev–Trinajstić information content (AvgIpc) is 3.12. The maximum atomic E-state index is 11.9. The van der Waals surface area contributed by atoms with E-state index >= 15 is 0 Å². The Balaban J connectivity index is 1.69. The second kappa shape index (κ2) is 6.11. The Morgan fingerprint density at radius 2 is 2.00 bits per heavy atom. The summed E-state index contributed by atoms with van der Waals surface area (Å²) in [6.07, 6.45) is 2.10. The van der Waals surface area contributed by atoms with E-state index in [2.05, 4.69) is 15.3 Å². The molecule has 112 valence electrons. The van der Waals surface area contributed by atoms with Gasteiger partial charge in [0.05, 0.1) is 29.6 Å². The predicted octanol–water partition coefficient (Wildman–Crippen LogP) is 3.13. The normalized spacial score (nSPS) is 10.6. The molecule has 6 heteroatoms. The van der Waals surface area contributed by atoms with Gasteiger partial charge in [0.25, 0.3) is 0 Å². The molecule has 0 saturated carbocycles. The third kappa shape index (κ3) is 3.07. The van der Waals surface area contributed by atoms with Gasteiger partial charge < -0.3 is 9.88 Å². The van der Waals surface area contributed by atoms with Gasteiger partial charge in [0.1, 0.15) is 0 Å². The smallest absolute Gasteiger partial charge is 0.230 e. The number of nitrogens with zero attached hydrogens (tertiary/aromatic N) is 3. The number of aryl methyl sites for hydroxylation is 1. The highest BCUT2D eigenvalue weighted by molar-refractivity contribution is 7.07. The first-order chi connectivity index (χ1) is 10.6. The first-order valence-electron chi connectivity index (χ1n) is 6.91. The van der Waals surface area contributed by atoms with Gasteiger partial charge in [0.15, 0.2) is 0 Å². The summed E-state index contributed by atoms with van der Waals surface area (Å²) in [7, 11) is 0. The number of hydrogen-bond donors (Lipinski definition) is 1. The summed E-state index contributed by atoms with van der Waals surface area (Å²) in [5, 5.41) is 4.76. The van der Waals surface area contributed by atoms with Crippen molar-refractivity contribution in [2.75, 3.05) is 5.32 Å². The number of rotatable bonds is 4. The maximum absolute atomic E-state index is 11.9. The molecule has 0 spiro atoms. The van der Waals surface area contributed by atoms with Crippen LogP contribution < -0.4 is 5.32 Å². The minimum absolute atomic E-state index is 0.0618. The molecule has 0 unspecified atom stereocenters. The molecule has 5 nitrogen and oxygen atoms in total. The number of carbonyl (C=O) groups is 1. The van der Waals surface area contributed by atoms with Gasteiger partial charge in [-0.15, -0.1) is 11.3 Å². The van der Waals surface area contributed by atoms with E-state index in [1.54, 1.807) is 11.8 Å². The highest BCUT2D eigenvalue weighted by atomic mass is 32.1. The summed E-state index contributed by atoms with van der Waals surface area (Å²) >= 11 is 1.49. The lowest BCUT2D eigenvalue weighted by Crippen LogP contribution is -2.14. The van der Waals surface area contributed by atoms with Crippen LogP contribution in [0.3, 0.4) is 0 Å². The van der Waals surface area contributed by atoms with Gasteiger partial charge in [-0.05, 0) is 38.1 Å². The van der Waals surface area contributed by atoms with Crippen LogP contribution in [-0.2, 0) is 11.2 Å². The molecule has 3 rings (SSSR count). The van der Waals surface area contributed by atoms with Crippen molar-refractivity contribution in [1.29, 1.82) is 0 Å². The molecule has 0 aliphatic rings. The Hall–Kier alpha value is -2.47. The van der Waals surface area contributed by atoms with Crippen LogP contribution in [0.2, 0.25) is 0 Å². The second-order valence-electron chi connectivity index (χ2n) is 5.04. The fourth-order valence-electron chi connectivity index (χ4n) is 2.16. The number of amides is 1. The Morgan fingerprint density at radius 3 is 2.59 bits per heavy atom. The van der Waals surface area contributed by atoms with Gasteiger partial charge in [-0.2, -0.15) is 0 Å². The van der Waals surface area contributed by atoms with Crippen molar-refractivity contribution < 1.29 is 4.79 Å². The molecule has 0 aliphatic heterocycles. The summed E-state index contributed by atoms with van der Waals surface area (Å²) in [5.41, 5.74) is 6.45. The Labute approximate surface area is 132 Å². The summed E-state index contributed by atoms with van der Waals surface area (Å²) < 4.78 is 2.02. The number of thiazole rings is 1. The SMILES string of the molecule is Cc1ncn(-c2ccc(NC(=O)Cc3cscn3)cc2)c1C. The third-order valence-corrected chi connectivity index (χ3v) is 4.14. The summed E-state index contributed by atoms with van der Waals surface area (Å²) in [6.45, 7) is 4.02. The van der Waals surface area contributed by atoms with Crippen molar-refractivity contribution in [1.82, 2.24) is 14.5 Å². The number of imidazole rings is 1. The zero-order valence-electron chi connectivity index (χ0n) is 12.4. The molecule has 22 heavy (non-hydrogen) atoms. The van der Waals surface area contributed by atoms with Crippen LogP contribution >= 0.6 is 11.3 Å². The van der Waals surface area contributed by atoms with Crippen LogP contribution in [-0.4, -0.2) is 20.4 Å². The Morgan fingerprint density at radius 1 is 1.23 bits per heavy atom. The Kier molecular flexibility index (Phi) is 4.02. The van der Waals surface area contributed by atoms with Gasteiger partial charge in [-0.25, -0.2) is 9.97 Å². The van der Waals surface area contributed by atoms with Crippen molar-refractivity contribution >= 4 is 22.9 Å². The van der Waals surface area contributed by atoms with Crippen LogP contribution in [0.15, 0.2) is 41.5 Å². The molecule has 0 bridgehead atoms. The van der Waals surface area contributed by atoms with Crippen molar-refractivity contribution in [3.8, 4) is 5.69 Å². The molecule has 1 amide bonds. The van der Waals surface area contributed by atoms with Crippen molar-refractivity contribution in [2.24, 2.45) is 0 Å². The lowest BCUT2D eigenvalue weighted by atomic mass is 10.2. The van der Waals surface area contributed by atoms with Crippen LogP contribution in [0, 0.1) is 13.8 Å². The molecule has 0 radical (unpaired) electrons. The van der Waals surface area contributed by atoms with E-state index in [9.17, 15) is 4.79 Å². The number of benzene rings is 1. The second-order valence-corrected chi connectivity index (χ2v) is 5.76. The van der Waals surface area contributed by atoms with E-state index < -0.39 is 0 Å². The molecular formula is C16H16N4OS. The maximum Gasteiger partial charge on any atom is 0.230 e. The molecule has 0 atom stereocenters. The number of hydrogen-bond acceptors (Lipinski definition) is 4. The number of nitrogens with one attached hydrogen (secondary N) is 1. The minimum Gasteiger partial charge on any atom is -0.326 e. The minimum atomic E-state index is -0.0618. The van der Waals surface area contributed by atoms with Crippen LogP contribution in [0.5, 0.6) is 0 Å². The average molecular weight is 312 g/mol. The van der Waals surface area contributed by atoms with Gasteiger partial charge in [0, 0.05) is 22.4 Å². The van der Waals surface area contributed by atoms with E-state index in [0.29, 0.717) is 6.42 Å². The topological polar surface area (TPSA) is 59.8 Å². The first-order valence-corrected chi connectivity index (χ1v) is 7.85. The van der Waals surface area contributed by atoms with Crippen molar-refractivity contribution in [3.63, 3.8) is 0 Å². The van der Waals surface area contributed by atoms with Crippen LogP contribution in [0.1, 0.15) is 17.1 Å². The van der Waals surface area contributed by atoms with E-state index in [1.165, 1.54) is 11.3 Å². The number of carbonyl (C=O) groups excluding carboxylic acids is 1. The molecule has 0 saturated heterocycles. The lowest BCUT2D eigenvalue weighted by Gasteiger charge is -2.08. The molecule has 2 heterocycles. The number of anilines is 1. The summed E-state index contributed by atoms with van der Waals surface area (Å²) in [6, 6.07) is 7.71. The molecular weight excluding hydrogens is 296 g/mol.